The second kappa shape index (κ2) is 7.89. The number of nitrogens with one attached hydrogen (secondary N) is 1. The summed E-state index contributed by atoms with van der Waals surface area (Å²) in [6.45, 7) is 6.24. The third-order valence-electron chi connectivity index (χ3n) is 2.68. The summed E-state index contributed by atoms with van der Waals surface area (Å²) < 4.78 is 5.04. The minimum absolute atomic E-state index is 0.0649. The highest BCUT2D eigenvalue weighted by Gasteiger charge is 2.24. The van der Waals surface area contributed by atoms with Crippen LogP contribution < -0.4 is 11.1 Å². The van der Waals surface area contributed by atoms with Crippen LogP contribution in [-0.4, -0.2) is 36.7 Å². The first-order valence-electron chi connectivity index (χ1n) is 5.74. The molecule has 0 fully saturated rings. The smallest absolute Gasteiger partial charge is 0.231 e. The van der Waals surface area contributed by atoms with Crippen molar-refractivity contribution in [3.8, 4) is 0 Å². The highest BCUT2D eigenvalue weighted by Crippen LogP contribution is 2.07. The molecule has 2 atom stereocenters. The van der Waals surface area contributed by atoms with Crippen molar-refractivity contribution in [1.82, 2.24) is 5.32 Å². The van der Waals surface area contributed by atoms with Gasteiger partial charge in [-0.15, -0.1) is 0 Å². The zero-order valence-electron chi connectivity index (χ0n) is 10.9. The van der Waals surface area contributed by atoms with Gasteiger partial charge in [-0.05, 0) is 12.3 Å². The summed E-state index contributed by atoms with van der Waals surface area (Å²) in [5.41, 5.74) is 5.46. The lowest BCUT2D eigenvalue weighted by Crippen LogP contribution is -2.47. The third kappa shape index (κ3) is 5.04. The van der Waals surface area contributed by atoms with Crippen LogP contribution in [0.25, 0.3) is 0 Å². The van der Waals surface area contributed by atoms with E-state index in [0.29, 0.717) is 13.0 Å². The highest BCUT2D eigenvalue weighted by atomic mass is 16.5. The Morgan fingerprint density at radius 3 is 2.47 bits per heavy atom. The number of nitrogens with zero attached hydrogens (tertiary/aromatic N) is 1. The molecule has 6 nitrogen and oxygen atoms in total. The van der Waals surface area contributed by atoms with Crippen LogP contribution in [0.2, 0.25) is 0 Å². The molecule has 100 valence electrons. The summed E-state index contributed by atoms with van der Waals surface area (Å²) in [5, 5.41) is 14.3. The van der Waals surface area contributed by atoms with Crippen molar-refractivity contribution < 1.29 is 14.7 Å². The molecule has 0 heterocycles. The molecule has 0 saturated carbocycles. The van der Waals surface area contributed by atoms with Crippen LogP contribution in [-0.2, 0) is 9.53 Å². The number of carbonyl (C=O) groups excluding carboxylic acids is 1. The van der Waals surface area contributed by atoms with E-state index in [4.69, 9.17) is 15.7 Å². The number of oxime groups is 1. The van der Waals surface area contributed by atoms with Gasteiger partial charge in [0, 0.05) is 7.11 Å². The van der Waals surface area contributed by atoms with E-state index in [-0.39, 0.29) is 23.7 Å². The van der Waals surface area contributed by atoms with Crippen LogP contribution in [0.5, 0.6) is 0 Å². The lowest BCUT2D eigenvalue weighted by Gasteiger charge is -2.24. The van der Waals surface area contributed by atoms with Gasteiger partial charge in [-0.3, -0.25) is 4.79 Å². The molecule has 0 aliphatic rings. The first-order chi connectivity index (χ1) is 7.97. The third-order valence-corrected chi connectivity index (χ3v) is 2.68. The van der Waals surface area contributed by atoms with Gasteiger partial charge in [-0.25, -0.2) is 0 Å². The molecular formula is C11H23N3O3. The second-order valence-electron chi connectivity index (χ2n) is 4.30. The molecule has 0 aliphatic heterocycles. The Bertz CT molecular complexity index is 267. The normalized spacial score (nSPS) is 15.7. The van der Waals surface area contributed by atoms with Crippen LogP contribution in [0, 0.1) is 11.8 Å². The number of hydrogen-bond donors (Lipinski definition) is 3. The lowest BCUT2D eigenvalue weighted by atomic mass is 10.0. The van der Waals surface area contributed by atoms with Crippen molar-refractivity contribution in [2.24, 2.45) is 22.7 Å². The molecule has 6 heteroatoms. The van der Waals surface area contributed by atoms with Crippen molar-refractivity contribution in [3.05, 3.63) is 0 Å². The van der Waals surface area contributed by atoms with E-state index in [1.54, 1.807) is 7.11 Å². The van der Waals surface area contributed by atoms with Crippen molar-refractivity contribution in [3.63, 3.8) is 0 Å². The van der Waals surface area contributed by atoms with Crippen LogP contribution in [0.4, 0.5) is 0 Å². The fraction of sp³-hybridized carbons (Fsp3) is 0.818. The highest BCUT2D eigenvalue weighted by molar-refractivity contribution is 6.02. The average Bonchev–Trinajstić information content (AvgIpc) is 2.28. The summed E-state index contributed by atoms with van der Waals surface area (Å²) >= 11 is 0. The van der Waals surface area contributed by atoms with Crippen LogP contribution >= 0.6 is 0 Å². The molecule has 0 aromatic rings. The van der Waals surface area contributed by atoms with Crippen molar-refractivity contribution >= 4 is 11.7 Å². The number of hydrogen-bond acceptors (Lipinski definition) is 4. The maximum atomic E-state index is 11.9. The number of ether oxygens (including phenoxy) is 1. The Morgan fingerprint density at radius 1 is 1.53 bits per heavy atom. The summed E-state index contributed by atoms with van der Waals surface area (Å²) in [7, 11) is 1.59. The molecule has 0 aromatic carbocycles. The largest absolute Gasteiger partial charge is 0.409 e. The van der Waals surface area contributed by atoms with Crippen molar-refractivity contribution in [1.29, 1.82) is 0 Å². The topological polar surface area (TPSA) is 96.9 Å². The zero-order chi connectivity index (χ0) is 13.4. The number of nitrogens with two attached hydrogens (primary N) is 1. The minimum Gasteiger partial charge on any atom is -0.409 e. The van der Waals surface area contributed by atoms with Gasteiger partial charge in [-0.2, -0.15) is 0 Å². The quantitative estimate of drug-likeness (QED) is 0.264. The number of rotatable bonds is 7. The van der Waals surface area contributed by atoms with E-state index in [1.165, 1.54) is 0 Å². The van der Waals surface area contributed by atoms with E-state index < -0.39 is 5.92 Å². The fourth-order valence-electron chi connectivity index (χ4n) is 1.46. The van der Waals surface area contributed by atoms with Crippen molar-refractivity contribution in [2.45, 2.75) is 33.2 Å². The molecule has 0 aromatic heterocycles. The van der Waals surface area contributed by atoms with Crippen LogP contribution in [0.1, 0.15) is 27.2 Å². The van der Waals surface area contributed by atoms with E-state index in [9.17, 15) is 4.79 Å². The molecule has 0 rings (SSSR count). The molecule has 0 bridgehead atoms. The van der Waals surface area contributed by atoms with Gasteiger partial charge < -0.3 is 21.0 Å². The molecule has 0 radical (unpaired) electrons. The van der Waals surface area contributed by atoms with E-state index in [2.05, 4.69) is 10.5 Å². The molecule has 1 amide bonds. The standard InChI is InChI=1S/C11H23N3O3/c1-5-8(10(12)14-16)11(15)13-9(6-17-4)7(2)3/h7-9,16H,5-6H2,1-4H3,(H2,12,14)(H,13,15). The lowest BCUT2D eigenvalue weighted by molar-refractivity contribution is -0.124. The number of amidine groups is 1. The maximum absolute atomic E-state index is 11.9. The second-order valence-corrected chi connectivity index (χ2v) is 4.30. The maximum Gasteiger partial charge on any atom is 0.231 e. The first kappa shape index (κ1) is 15.7. The number of carbonyl (C=O) groups is 1. The fourth-order valence-corrected chi connectivity index (χ4v) is 1.46. The van der Waals surface area contributed by atoms with Gasteiger partial charge in [0.1, 0.15) is 0 Å². The van der Waals surface area contributed by atoms with Crippen molar-refractivity contribution in [2.75, 3.05) is 13.7 Å². The van der Waals surface area contributed by atoms with E-state index >= 15 is 0 Å². The molecule has 17 heavy (non-hydrogen) atoms. The predicted octanol–water partition coefficient (Wildman–Crippen LogP) is 0.546. The summed E-state index contributed by atoms with van der Waals surface area (Å²) in [6.07, 6.45) is 0.486. The van der Waals surface area contributed by atoms with E-state index in [1.807, 2.05) is 20.8 Å². The first-order valence-corrected chi connectivity index (χ1v) is 5.74. The van der Waals surface area contributed by atoms with E-state index in [0.717, 1.165) is 0 Å². The number of amides is 1. The summed E-state index contributed by atoms with van der Waals surface area (Å²) in [4.78, 5) is 11.9. The van der Waals surface area contributed by atoms with Crippen LogP contribution in [0.15, 0.2) is 5.16 Å². The monoisotopic (exact) mass is 245 g/mol. The van der Waals surface area contributed by atoms with Gasteiger partial charge in [-0.1, -0.05) is 25.9 Å². The zero-order valence-corrected chi connectivity index (χ0v) is 10.9. The molecule has 4 N–H and O–H groups in total. The Morgan fingerprint density at radius 2 is 2.12 bits per heavy atom. The Labute approximate surface area is 102 Å². The van der Waals surface area contributed by atoms with Gasteiger partial charge in [0.05, 0.1) is 18.6 Å². The molecule has 0 aliphatic carbocycles. The predicted molar refractivity (Wildman–Crippen MR) is 65.8 cm³/mol. The summed E-state index contributed by atoms with van der Waals surface area (Å²) in [6, 6.07) is -0.0759. The Kier molecular flexibility index (Phi) is 7.29. The van der Waals surface area contributed by atoms with Crippen LogP contribution in [0.3, 0.4) is 0 Å². The molecule has 2 unspecified atom stereocenters. The Balaban J connectivity index is 4.57. The van der Waals surface area contributed by atoms with Gasteiger partial charge in [0.25, 0.3) is 0 Å². The van der Waals surface area contributed by atoms with Gasteiger partial charge in [0.15, 0.2) is 5.84 Å². The molecule has 0 saturated heterocycles. The Hall–Kier alpha value is -1.30. The SMILES string of the molecule is CCC(C(=O)NC(COC)C(C)C)C(N)=NO. The summed E-state index contributed by atoms with van der Waals surface area (Å²) in [5.74, 6) is -0.648. The number of methoxy groups -OCH3 is 1. The average molecular weight is 245 g/mol. The van der Waals surface area contributed by atoms with Gasteiger partial charge in [0.2, 0.25) is 5.91 Å². The molecule has 0 spiro atoms. The minimum atomic E-state index is -0.599. The van der Waals surface area contributed by atoms with Gasteiger partial charge >= 0.3 is 0 Å². The molecular weight excluding hydrogens is 222 g/mol.